The number of carbonyl (C=O) groups is 2. The highest BCUT2D eigenvalue weighted by Crippen LogP contribution is 2.40. The van der Waals surface area contributed by atoms with Gasteiger partial charge in [-0.15, -0.1) is 0 Å². The van der Waals surface area contributed by atoms with Crippen LogP contribution in [-0.2, 0) is 4.79 Å². The molecule has 1 aliphatic rings. The molecule has 1 atom stereocenters. The van der Waals surface area contributed by atoms with Gasteiger partial charge in [0.2, 0.25) is 0 Å². The number of carbonyl (C=O) groups excluding carboxylic acids is 1. The zero-order chi connectivity index (χ0) is 14.9. The van der Waals surface area contributed by atoms with Crippen molar-refractivity contribution in [3.8, 4) is 5.75 Å². The number of hydrogen-bond acceptors (Lipinski definition) is 3. The van der Waals surface area contributed by atoms with Crippen molar-refractivity contribution in [2.75, 3.05) is 7.11 Å². The monoisotopic (exact) mass is 281 g/mol. The molecule has 0 saturated heterocycles. The second-order valence-electron chi connectivity index (χ2n) is 5.05. The number of carboxylic acids is 1. The van der Waals surface area contributed by atoms with E-state index in [9.17, 15) is 19.1 Å². The fraction of sp³-hybridized carbons (Fsp3) is 0.429. The van der Waals surface area contributed by atoms with Crippen LogP contribution in [0.5, 0.6) is 5.75 Å². The van der Waals surface area contributed by atoms with Crippen LogP contribution in [-0.4, -0.2) is 29.6 Å². The molecule has 0 aromatic heterocycles. The lowest BCUT2D eigenvalue weighted by Gasteiger charge is -2.26. The first-order valence-electron chi connectivity index (χ1n) is 6.28. The molecule has 20 heavy (non-hydrogen) atoms. The molecule has 108 valence electrons. The van der Waals surface area contributed by atoms with E-state index >= 15 is 0 Å². The number of halogens is 1. The SMILES string of the molecule is COc1cccc(F)c1C(=O)NC(C)(C(=O)O)C1CC1. The van der Waals surface area contributed by atoms with Gasteiger partial charge in [0, 0.05) is 0 Å². The quantitative estimate of drug-likeness (QED) is 0.863. The van der Waals surface area contributed by atoms with Gasteiger partial charge in [-0.05, 0) is 37.8 Å². The maximum Gasteiger partial charge on any atom is 0.329 e. The van der Waals surface area contributed by atoms with Gasteiger partial charge in [0.1, 0.15) is 22.7 Å². The largest absolute Gasteiger partial charge is 0.496 e. The Kier molecular flexibility index (Phi) is 3.65. The molecule has 1 fully saturated rings. The Labute approximate surface area is 115 Å². The third-order valence-electron chi connectivity index (χ3n) is 3.63. The van der Waals surface area contributed by atoms with Crippen LogP contribution >= 0.6 is 0 Å². The van der Waals surface area contributed by atoms with E-state index in [1.807, 2.05) is 0 Å². The lowest BCUT2D eigenvalue weighted by Crippen LogP contribution is -2.54. The van der Waals surface area contributed by atoms with E-state index in [0.717, 1.165) is 18.9 Å². The lowest BCUT2D eigenvalue weighted by atomic mass is 9.95. The van der Waals surface area contributed by atoms with E-state index in [4.69, 9.17) is 4.74 Å². The van der Waals surface area contributed by atoms with Crippen LogP contribution in [0.2, 0.25) is 0 Å². The van der Waals surface area contributed by atoms with Crippen LogP contribution in [0.25, 0.3) is 0 Å². The number of hydrogen-bond donors (Lipinski definition) is 2. The van der Waals surface area contributed by atoms with Crippen LogP contribution < -0.4 is 10.1 Å². The first-order chi connectivity index (χ1) is 9.40. The third-order valence-corrected chi connectivity index (χ3v) is 3.63. The fourth-order valence-electron chi connectivity index (χ4n) is 2.18. The summed E-state index contributed by atoms with van der Waals surface area (Å²) in [5.74, 6) is -2.70. The average Bonchev–Trinajstić information content (AvgIpc) is 3.22. The molecule has 0 aliphatic heterocycles. The van der Waals surface area contributed by atoms with E-state index < -0.39 is 23.2 Å². The molecule has 1 aromatic carbocycles. The summed E-state index contributed by atoms with van der Waals surface area (Å²) in [6, 6.07) is 4.00. The highest BCUT2D eigenvalue weighted by atomic mass is 19.1. The topological polar surface area (TPSA) is 75.6 Å². The van der Waals surface area contributed by atoms with Crippen LogP contribution in [0.3, 0.4) is 0 Å². The van der Waals surface area contributed by atoms with Crippen molar-refractivity contribution in [3.05, 3.63) is 29.6 Å². The number of amides is 1. The van der Waals surface area contributed by atoms with Crippen molar-refractivity contribution in [3.63, 3.8) is 0 Å². The van der Waals surface area contributed by atoms with Gasteiger partial charge in [0.05, 0.1) is 7.11 Å². The molecule has 6 heteroatoms. The number of carboxylic acid groups (broad SMARTS) is 1. The van der Waals surface area contributed by atoms with Crippen LogP contribution in [0.15, 0.2) is 18.2 Å². The van der Waals surface area contributed by atoms with Crippen LogP contribution in [0, 0.1) is 11.7 Å². The van der Waals surface area contributed by atoms with Crippen molar-refractivity contribution in [1.29, 1.82) is 0 Å². The third kappa shape index (κ3) is 2.45. The smallest absolute Gasteiger partial charge is 0.329 e. The van der Waals surface area contributed by atoms with Gasteiger partial charge in [-0.1, -0.05) is 6.07 Å². The van der Waals surface area contributed by atoms with Gasteiger partial charge in [0.15, 0.2) is 0 Å². The van der Waals surface area contributed by atoms with E-state index in [2.05, 4.69) is 5.32 Å². The van der Waals surface area contributed by atoms with Crippen molar-refractivity contribution < 1.29 is 23.8 Å². The Hall–Kier alpha value is -2.11. The van der Waals surface area contributed by atoms with E-state index in [1.54, 1.807) is 0 Å². The van der Waals surface area contributed by atoms with E-state index in [0.29, 0.717) is 0 Å². The standard InChI is InChI=1S/C14H16FNO4/c1-14(13(18)19,8-6-7-8)16-12(17)11-9(15)4-3-5-10(11)20-2/h3-5,8H,6-7H2,1-2H3,(H,16,17)(H,18,19). The molecule has 5 nitrogen and oxygen atoms in total. The molecular formula is C14H16FNO4. The number of nitrogens with one attached hydrogen (secondary N) is 1. The molecule has 1 saturated carbocycles. The number of rotatable bonds is 5. The maximum absolute atomic E-state index is 13.8. The summed E-state index contributed by atoms with van der Waals surface area (Å²) >= 11 is 0. The van der Waals surface area contributed by atoms with Gasteiger partial charge in [-0.25, -0.2) is 9.18 Å². The number of aliphatic carboxylic acids is 1. The van der Waals surface area contributed by atoms with E-state index in [1.165, 1.54) is 26.2 Å². The minimum atomic E-state index is -1.38. The zero-order valence-electron chi connectivity index (χ0n) is 11.3. The minimum absolute atomic E-state index is 0.0750. The summed E-state index contributed by atoms with van der Waals surface area (Å²) in [5.41, 5.74) is -1.66. The van der Waals surface area contributed by atoms with Crippen molar-refractivity contribution in [2.45, 2.75) is 25.3 Å². The Morgan fingerprint density at radius 3 is 2.60 bits per heavy atom. The van der Waals surface area contributed by atoms with Crippen LogP contribution in [0.1, 0.15) is 30.1 Å². The summed E-state index contributed by atoms with van der Waals surface area (Å²) < 4.78 is 18.7. The normalized spacial score (nSPS) is 17.1. The summed E-state index contributed by atoms with van der Waals surface area (Å²) in [6.45, 7) is 1.44. The predicted molar refractivity (Wildman–Crippen MR) is 69.2 cm³/mol. The first kappa shape index (κ1) is 14.3. The lowest BCUT2D eigenvalue weighted by molar-refractivity contribution is -0.144. The second-order valence-corrected chi connectivity index (χ2v) is 5.05. The Morgan fingerprint density at radius 1 is 1.45 bits per heavy atom. The summed E-state index contributed by atoms with van der Waals surface area (Å²) in [6.07, 6.45) is 1.47. The van der Waals surface area contributed by atoms with Crippen molar-refractivity contribution in [2.24, 2.45) is 5.92 Å². The van der Waals surface area contributed by atoms with Gasteiger partial charge >= 0.3 is 5.97 Å². The maximum atomic E-state index is 13.8. The Balaban J connectivity index is 2.30. The van der Waals surface area contributed by atoms with Crippen LogP contribution in [0.4, 0.5) is 4.39 Å². The molecule has 1 unspecified atom stereocenters. The summed E-state index contributed by atoms with van der Waals surface area (Å²) in [5, 5.41) is 11.7. The van der Waals surface area contributed by atoms with Gasteiger partial charge in [-0.2, -0.15) is 0 Å². The molecule has 1 aromatic rings. The number of ether oxygens (including phenoxy) is 1. The number of benzene rings is 1. The molecule has 1 amide bonds. The van der Waals surface area contributed by atoms with Crippen molar-refractivity contribution >= 4 is 11.9 Å². The average molecular weight is 281 g/mol. The zero-order valence-corrected chi connectivity index (χ0v) is 11.3. The van der Waals surface area contributed by atoms with Gasteiger partial charge in [0.25, 0.3) is 5.91 Å². The first-order valence-corrected chi connectivity index (χ1v) is 6.28. The van der Waals surface area contributed by atoms with Crippen molar-refractivity contribution in [1.82, 2.24) is 5.32 Å². The molecule has 1 aliphatic carbocycles. The Morgan fingerprint density at radius 2 is 2.10 bits per heavy atom. The molecule has 2 N–H and O–H groups in total. The molecule has 0 bridgehead atoms. The Bertz CT molecular complexity index is 556. The highest BCUT2D eigenvalue weighted by Gasteiger charge is 2.49. The predicted octanol–water partition coefficient (Wildman–Crippen LogP) is 1.82. The second kappa shape index (κ2) is 5.11. The van der Waals surface area contributed by atoms with E-state index in [-0.39, 0.29) is 17.2 Å². The molecule has 2 rings (SSSR count). The van der Waals surface area contributed by atoms with Gasteiger partial charge < -0.3 is 15.2 Å². The minimum Gasteiger partial charge on any atom is -0.496 e. The summed E-state index contributed by atoms with van der Waals surface area (Å²) in [4.78, 5) is 23.6. The summed E-state index contributed by atoms with van der Waals surface area (Å²) in [7, 11) is 1.32. The molecular weight excluding hydrogens is 265 g/mol. The fourth-order valence-corrected chi connectivity index (χ4v) is 2.18. The molecule has 0 heterocycles. The molecule has 0 spiro atoms. The van der Waals surface area contributed by atoms with Gasteiger partial charge in [-0.3, -0.25) is 4.79 Å². The highest BCUT2D eigenvalue weighted by molar-refractivity contribution is 6.00. The molecule has 0 radical (unpaired) electrons. The number of methoxy groups -OCH3 is 1.